The van der Waals surface area contributed by atoms with Crippen molar-refractivity contribution in [2.24, 2.45) is 5.92 Å². The Bertz CT molecular complexity index is 622. The number of nitrogen functional groups attached to an aromatic ring is 1. The zero-order chi connectivity index (χ0) is 15.4. The minimum atomic E-state index is 0.312. The summed E-state index contributed by atoms with van der Waals surface area (Å²) in [4.78, 5) is 12.1. The Balaban J connectivity index is 1.61. The normalized spacial score (nSPS) is 31.6. The topological polar surface area (TPSA) is 67.1 Å². The zero-order valence-electron chi connectivity index (χ0n) is 13.9. The fourth-order valence-electron chi connectivity index (χ4n) is 5.77. The van der Waals surface area contributed by atoms with Gasteiger partial charge in [0.2, 0.25) is 5.95 Å². The van der Waals surface area contributed by atoms with Crippen molar-refractivity contribution in [1.82, 2.24) is 15.3 Å². The molecule has 1 aromatic heterocycles. The predicted octanol–water partition coefficient (Wildman–Crippen LogP) is 2.00. The van der Waals surface area contributed by atoms with Crippen LogP contribution in [0.5, 0.6) is 0 Å². The van der Waals surface area contributed by atoms with E-state index < -0.39 is 0 Å². The molecule has 2 aliphatic carbocycles. The van der Waals surface area contributed by atoms with E-state index in [1.807, 2.05) is 0 Å². The van der Waals surface area contributed by atoms with Crippen molar-refractivity contribution >= 4 is 11.8 Å². The number of aromatic nitrogens is 2. The standard InChI is InChI=1S/C18H27N5/c19-17-21-15-13(4-3-8-18(15)6-1-2-7-18)16(22-17)23-9-5-12-10-20-11-14(12)23/h12,14,20H,1-11H2,(H2,19,21,22)/t12-,14+/m0/s1. The van der Waals surface area contributed by atoms with E-state index in [0.29, 0.717) is 17.4 Å². The molecule has 2 saturated heterocycles. The number of nitrogens with two attached hydrogens (primary N) is 1. The summed E-state index contributed by atoms with van der Waals surface area (Å²) in [5.74, 6) is 2.45. The van der Waals surface area contributed by atoms with Crippen LogP contribution >= 0.6 is 0 Å². The SMILES string of the molecule is Nc1nc(N2CC[C@H]3CNC[C@H]32)c2c(n1)C1(CCCC1)CCC2. The van der Waals surface area contributed by atoms with Gasteiger partial charge in [0, 0.05) is 36.7 Å². The molecule has 5 nitrogen and oxygen atoms in total. The second kappa shape index (κ2) is 5.07. The molecule has 4 aliphatic rings. The van der Waals surface area contributed by atoms with Crippen molar-refractivity contribution in [3.8, 4) is 0 Å². The maximum Gasteiger partial charge on any atom is 0.222 e. The quantitative estimate of drug-likeness (QED) is 0.830. The Labute approximate surface area is 138 Å². The molecule has 1 aromatic rings. The molecule has 0 unspecified atom stereocenters. The molecule has 23 heavy (non-hydrogen) atoms. The molecule has 3 fully saturated rings. The van der Waals surface area contributed by atoms with Gasteiger partial charge < -0.3 is 16.0 Å². The number of rotatable bonds is 1. The van der Waals surface area contributed by atoms with E-state index in [-0.39, 0.29) is 0 Å². The Morgan fingerprint density at radius 3 is 2.78 bits per heavy atom. The van der Waals surface area contributed by atoms with Crippen LogP contribution in [0.15, 0.2) is 0 Å². The lowest BCUT2D eigenvalue weighted by Gasteiger charge is -2.37. The third-order valence-corrected chi connectivity index (χ3v) is 6.87. The highest BCUT2D eigenvalue weighted by Crippen LogP contribution is 2.50. The minimum absolute atomic E-state index is 0.312. The van der Waals surface area contributed by atoms with E-state index in [4.69, 9.17) is 15.7 Å². The Morgan fingerprint density at radius 1 is 1.09 bits per heavy atom. The van der Waals surface area contributed by atoms with E-state index in [2.05, 4.69) is 10.2 Å². The second-order valence-electron chi connectivity index (χ2n) is 8.04. The highest BCUT2D eigenvalue weighted by molar-refractivity contribution is 5.56. The molecule has 5 heteroatoms. The predicted molar refractivity (Wildman–Crippen MR) is 91.6 cm³/mol. The van der Waals surface area contributed by atoms with Crippen LogP contribution in [0.25, 0.3) is 0 Å². The van der Waals surface area contributed by atoms with E-state index in [9.17, 15) is 0 Å². The van der Waals surface area contributed by atoms with Gasteiger partial charge in [-0.1, -0.05) is 12.8 Å². The number of anilines is 2. The Kier molecular flexibility index (Phi) is 3.09. The molecule has 2 aliphatic heterocycles. The lowest BCUT2D eigenvalue weighted by molar-refractivity contribution is 0.357. The van der Waals surface area contributed by atoms with Crippen LogP contribution in [-0.4, -0.2) is 35.6 Å². The average Bonchev–Trinajstić information content (AvgIpc) is 3.24. The molecular weight excluding hydrogens is 286 g/mol. The van der Waals surface area contributed by atoms with Crippen molar-refractivity contribution in [2.45, 2.75) is 62.8 Å². The summed E-state index contributed by atoms with van der Waals surface area (Å²) in [6, 6.07) is 0.606. The maximum atomic E-state index is 6.17. The van der Waals surface area contributed by atoms with Crippen molar-refractivity contribution in [3.63, 3.8) is 0 Å². The van der Waals surface area contributed by atoms with Crippen LogP contribution in [-0.2, 0) is 11.8 Å². The molecule has 3 heterocycles. The molecule has 0 radical (unpaired) electrons. The van der Waals surface area contributed by atoms with Crippen molar-refractivity contribution in [2.75, 3.05) is 30.3 Å². The van der Waals surface area contributed by atoms with Gasteiger partial charge >= 0.3 is 0 Å². The molecule has 5 rings (SSSR count). The summed E-state index contributed by atoms with van der Waals surface area (Å²) in [5.41, 5.74) is 9.23. The summed E-state index contributed by atoms with van der Waals surface area (Å²) in [7, 11) is 0. The first-order chi connectivity index (χ1) is 11.3. The smallest absolute Gasteiger partial charge is 0.222 e. The van der Waals surface area contributed by atoms with Crippen molar-refractivity contribution in [1.29, 1.82) is 0 Å². The number of nitrogens with zero attached hydrogens (tertiary/aromatic N) is 3. The van der Waals surface area contributed by atoms with Crippen LogP contribution in [0.3, 0.4) is 0 Å². The molecule has 1 spiro atoms. The molecule has 0 amide bonds. The minimum Gasteiger partial charge on any atom is -0.368 e. The van der Waals surface area contributed by atoms with Crippen LogP contribution < -0.4 is 16.0 Å². The van der Waals surface area contributed by atoms with E-state index in [1.165, 1.54) is 62.0 Å². The fourth-order valence-corrected chi connectivity index (χ4v) is 5.77. The molecule has 124 valence electrons. The highest BCUT2D eigenvalue weighted by atomic mass is 15.3. The van der Waals surface area contributed by atoms with Crippen molar-refractivity contribution < 1.29 is 0 Å². The molecule has 0 aromatic carbocycles. The lowest BCUT2D eigenvalue weighted by Crippen LogP contribution is -2.38. The molecule has 1 saturated carbocycles. The Hall–Kier alpha value is -1.36. The third kappa shape index (κ3) is 2.02. The van der Waals surface area contributed by atoms with Gasteiger partial charge in [0.05, 0.1) is 5.69 Å². The van der Waals surface area contributed by atoms with E-state index in [1.54, 1.807) is 0 Å². The van der Waals surface area contributed by atoms with Gasteiger partial charge in [-0.05, 0) is 44.4 Å². The summed E-state index contributed by atoms with van der Waals surface area (Å²) < 4.78 is 0. The molecule has 0 bridgehead atoms. The summed E-state index contributed by atoms with van der Waals surface area (Å²) in [6.45, 7) is 3.38. The van der Waals surface area contributed by atoms with Gasteiger partial charge in [-0.15, -0.1) is 0 Å². The largest absolute Gasteiger partial charge is 0.368 e. The van der Waals surface area contributed by atoms with Gasteiger partial charge in [-0.3, -0.25) is 0 Å². The highest BCUT2D eigenvalue weighted by Gasteiger charge is 2.44. The first-order valence-electron chi connectivity index (χ1n) is 9.41. The van der Waals surface area contributed by atoms with Gasteiger partial charge in [0.25, 0.3) is 0 Å². The van der Waals surface area contributed by atoms with E-state index >= 15 is 0 Å². The van der Waals surface area contributed by atoms with E-state index in [0.717, 1.165) is 32.0 Å². The average molecular weight is 313 g/mol. The van der Waals surface area contributed by atoms with Gasteiger partial charge in [0.15, 0.2) is 0 Å². The van der Waals surface area contributed by atoms with Gasteiger partial charge in [-0.25, -0.2) is 4.98 Å². The lowest BCUT2D eigenvalue weighted by atomic mass is 9.71. The summed E-state index contributed by atoms with van der Waals surface area (Å²) in [6.07, 6.45) is 10.3. The number of hydrogen-bond donors (Lipinski definition) is 2. The first kappa shape index (κ1) is 14.0. The Morgan fingerprint density at radius 2 is 1.91 bits per heavy atom. The third-order valence-electron chi connectivity index (χ3n) is 6.87. The second-order valence-corrected chi connectivity index (χ2v) is 8.04. The maximum absolute atomic E-state index is 6.17. The molecule has 3 N–H and O–H groups in total. The summed E-state index contributed by atoms with van der Waals surface area (Å²) >= 11 is 0. The molecular formula is C18H27N5. The molecule has 2 atom stereocenters. The van der Waals surface area contributed by atoms with Crippen LogP contribution in [0, 0.1) is 5.92 Å². The first-order valence-corrected chi connectivity index (χ1v) is 9.41. The number of nitrogens with one attached hydrogen (secondary N) is 1. The zero-order valence-corrected chi connectivity index (χ0v) is 13.9. The van der Waals surface area contributed by atoms with Gasteiger partial charge in [-0.2, -0.15) is 4.98 Å². The summed E-state index contributed by atoms with van der Waals surface area (Å²) in [5, 5.41) is 3.55. The van der Waals surface area contributed by atoms with Crippen molar-refractivity contribution in [3.05, 3.63) is 11.3 Å². The number of fused-ring (bicyclic) bond motifs is 3. The van der Waals surface area contributed by atoms with Crippen LogP contribution in [0.1, 0.15) is 56.2 Å². The van der Waals surface area contributed by atoms with Crippen LogP contribution in [0.4, 0.5) is 11.8 Å². The number of hydrogen-bond acceptors (Lipinski definition) is 5. The van der Waals surface area contributed by atoms with Crippen LogP contribution in [0.2, 0.25) is 0 Å². The fraction of sp³-hybridized carbons (Fsp3) is 0.778. The van der Waals surface area contributed by atoms with Gasteiger partial charge in [0.1, 0.15) is 5.82 Å². The monoisotopic (exact) mass is 313 g/mol.